The molecule has 1 heterocycles. The van der Waals surface area contributed by atoms with Crippen LogP contribution in [0.1, 0.15) is 11.4 Å². The fourth-order valence-electron chi connectivity index (χ4n) is 2.56. The molecule has 0 radical (unpaired) electrons. The van der Waals surface area contributed by atoms with Gasteiger partial charge in [0.05, 0.1) is 6.42 Å². The Bertz CT molecular complexity index is 971. The minimum absolute atomic E-state index is 0.00479. The van der Waals surface area contributed by atoms with E-state index in [2.05, 4.69) is 25.2 Å². The summed E-state index contributed by atoms with van der Waals surface area (Å²) in [5.74, 6) is 0.388. The summed E-state index contributed by atoms with van der Waals surface area (Å²) in [5.41, 5.74) is 1.80. The molecular weight excluding hydrogens is 389 g/mol. The van der Waals surface area contributed by atoms with Gasteiger partial charge in [0.2, 0.25) is 5.91 Å². The van der Waals surface area contributed by atoms with Crippen LogP contribution in [0.4, 0.5) is 18.9 Å². The lowest BCUT2D eigenvalue weighted by Crippen LogP contribution is -2.17. The highest BCUT2D eigenvalue weighted by Crippen LogP contribution is 2.23. The first kappa shape index (κ1) is 20.3. The Morgan fingerprint density at radius 3 is 2.62 bits per heavy atom. The molecule has 0 aliphatic carbocycles. The highest BCUT2D eigenvalue weighted by molar-refractivity contribution is 5.92. The van der Waals surface area contributed by atoms with Crippen LogP contribution < -0.4 is 10.1 Å². The third kappa shape index (κ3) is 6.04. The van der Waals surface area contributed by atoms with Gasteiger partial charge in [0.25, 0.3) is 0 Å². The van der Waals surface area contributed by atoms with Gasteiger partial charge in [-0.15, -0.1) is 13.2 Å². The number of ether oxygens (including phenoxy) is 2. The average molecular weight is 406 g/mol. The van der Waals surface area contributed by atoms with Crippen LogP contribution in [0.15, 0.2) is 48.5 Å². The van der Waals surface area contributed by atoms with Crippen molar-refractivity contribution in [2.24, 2.45) is 0 Å². The number of hydrogen-bond acceptors (Lipinski definition) is 5. The van der Waals surface area contributed by atoms with Crippen molar-refractivity contribution in [3.63, 3.8) is 0 Å². The summed E-state index contributed by atoms with van der Waals surface area (Å²) in [6, 6.07) is 12.1. The van der Waals surface area contributed by atoms with Gasteiger partial charge < -0.3 is 14.8 Å². The highest BCUT2D eigenvalue weighted by Gasteiger charge is 2.30. The average Bonchev–Trinajstić information content (AvgIpc) is 3.11. The number of benzene rings is 2. The van der Waals surface area contributed by atoms with Crippen LogP contribution in [0.25, 0.3) is 11.4 Å². The van der Waals surface area contributed by atoms with E-state index in [4.69, 9.17) is 4.74 Å². The second-order valence-corrected chi connectivity index (χ2v) is 6.04. The Balaban J connectivity index is 1.62. The van der Waals surface area contributed by atoms with E-state index in [0.717, 1.165) is 12.1 Å². The van der Waals surface area contributed by atoms with Crippen molar-refractivity contribution in [2.75, 3.05) is 12.4 Å². The fraction of sp³-hybridized carbons (Fsp3) is 0.211. The first-order chi connectivity index (χ1) is 13.8. The van der Waals surface area contributed by atoms with Crippen LogP contribution in [0.5, 0.6) is 5.75 Å². The second-order valence-electron chi connectivity index (χ2n) is 6.04. The number of H-pyrrole nitrogens is 1. The van der Waals surface area contributed by atoms with Crippen molar-refractivity contribution in [3.05, 3.63) is 59.9 Å². The van der Waals surface area contributed by atoms with E-state index in [1.807, 2.05) is 0 Å². The summed E-state index contributed by atoms with van der Waals surface area (Å²) in [5, 5.41) is 9.61. The van der Waals surface area contributed by atoms with Crippen LogP contribution in [-0.2, 0) is 22.6 Å². The second kappa shape index (κ2) is 8.74. The maximum absolute atomic E-state index is 12.3. The van der Waals surface area contributed by atoms with Gasteiger partial charge in [-0.25, -0.2) is 4.98 Å². The molecule has 29 heavy (non-hydrogen) atoms. The zero-order chi connectivity index (χ0) is 20.9. The number of aromatic nitrogens is 3. The first-order valence-corrected chi connectivity index (χ1v) is 8.47. The first-order valence-electron chi connectivity index (χ1n) is 8.47. The monoisotopic (exact) mass is 406 g/mol. The number of carbonyl (C=O) groups is 1. The number of nitrogens with zero attached hydrogens (tertiary/aromatic N) is 2. The summed E-state index contributed by atoms with van der Waals surface area (Å²) >= 11 is 0. The molecule has 10 heteroatoms. The van der Waals surface area contributed by atoms with Gasteiger partial charge in [0, 0.05) is 18.4 Å². The molecule has 3 aromatic rings. The third-order valence-corrected chi connectivity index (χ3v) is 3.74. The number of aromatic amines is 1. The predicted octanol–water partition coefficient (Wildman–Crippen LogP) is 3.70. The summed E-state index contributed by atoms with van der Waals surface area (Å²) < 4.78 is 45.4. The molecule has 0 fully saturated rings. The predicted molar refractivity (Wildman–Crippen MR) is 98.0 cm³/mol. The summed E-state index contributed by atoms with van der Waals surface area (Å²) in [7, 11) is 1.55. The molecule has 0 saturated heterocycles. The van der Waals surface area contributed by atoms with E-state index in [1.54, 1.807) is 31.4 Å². The lowest BCUT2D eigenvalue weighted by molar-refractivity contribution is -0.274. The van der Waals surface area contributed by atoms with Gasteiger partial charge in [-0.1, -0.05) is 24.3 Å². The molecule has 1 aromatic heterocycles. The van der Waals surface area contributed by atoms with E-state index in [0.29, 0.717) is 35.1 Å². The SMILES string of the molecule is COCc1nc(-c2cccc(NC(=O)Cc3ccc(OC(F)(F)F)cc3)c2)n[nH]1. The molecule has 7 nitrogen and oxygen atoms in total. The number of methoxy groups -OCH3 is 1. The molecule has 0 bridgehead atoms. The van der Waals surface area contributed by atoms with E-state index >= 15 is 0 Å². The molecule has 0 atom stereocenters. The van der Waals surface area contributed by atoms with Crippen LogP contribution >= 0.6 is 0 Å². The molecule has 2 N–H and O–H groups in total. The van der Waals surface area contributed by atoms with Gasteiger partial charge in [-0.05, 0) is 29.8 Å². The van der Waals surface area contributed by atoms with Crippen molar-refractivity contribution < 1.29 is 27.4 Å². The lowest BCUT2D eigenvalue weighted by atomic mass is 10.1. The quantitative estimate of drug-likeness (QED) is 0.625. The molecule has 0 aliphatic rings. The minimum atomic E-state index is -4.75. The number of anilines is 1. The third-order valence-electron chi connectivity index (χ3n) is 3.74. The van der Waals surface area contributed by atoms with E-state index in [1.165, 1.54) is 12.1 Å². The molecule has 2 aromatic carbocycles. The van der Waals surface area contributed by atoms with E-state index in [-0.39, 0.29) is 18.1 Å². The Morgan fingerprint density at radius 1 is 1.17 bits per heavy atom. The molecule has 3 rings (SSSR count). The smallest absolute Gasteiger partial charge is 0.406 e. The van der Waals surface area contributed by atoms with E-state index < -0.39 is 6.36 Å². The topological polar surface area (TPSA) is 89.1 Å². The Hall–Kier alpha value is -3.40. The largest absolute Gasteiger partial charge is 0.573 e. The molecule has 0 saturated carbocycles. The number of amides is 1. The lowest BCUT2D eigenvalue weighted by Gasteiger charge is -2.09. The Morgan fingerprint density at radius 2 is 1.93 bits per heavy atom. The van der Waals surface area contributed by atoms with E-state index in [9.17, 15) is 18.0 Å². The van der Waals surface area contributed by atoms with Crippen molar-refractivity contribution in [1.29, 1.82) is 0 Å². The van der Waals surface area contributed by atoms with Gasteiger partial charge in [-0.2, -0.15) is 5.10 Å². The molecular formula is C19H17F3N4O3. The van der Waals surface area contributed by atoms with Crippen molar-refractivity contribution in [2.45, 2.75) is 19.4 Å². The number of carbonyl (C=O) groups excluding carboxylic acids is 1. The molecule has 1 amide bonds. The highest BCUT2D eigenvalue weighted by atomic mass is 19.4. The standard InChI is InChI=1S/C19H17F3N4O3/c1-28-11-16-24-18(26-25-16)13-3-2-4-14(10-13)23-17(27)9-12-5-7-15(8-6-12)29-19(20,21)22/h2-8,10H,9,11H2,1H3,(H,23,27)(H,24,25,26). The maximum atomic E-state index is 12.3. The molecule has 0 unspecified atom stereocenters. The molecule has 152 valence electrons. The zero-order valence-corrected chi connectivity index (χ0v) is 15.3. The number of alkyl halides is 3. The summed E-state index contributed by atoms with van der Waals surface area (Å²) in [6.45, 7) is 0.302. The van der Waals surface area contributed by atoms with Gasteiger partial charge >= 0.3 is 6.36 Å². The number of nitrogens with one attached hydrogen (secondary N) is 2. The van der Waals surface area contributed by atoms with Crippen LogP contribution in [0.2, 0.25) is 0 Å². The van der Waals surface area contributed by atoms with Gasteiger partial charge in [0.1, 0.15) is 12.4 Å². The normalized spacial score (nSPS) is 11.3. The van der Waals surface area contributed by atoms with Gasteiger partial charge in [0.15, 0.2) is 11.6 Å². The maximum Gasteiger partial charge on any atom is 0.573 e. The Kier molecular flexibility index (Phi) is 6.13. The van der Waals surface area contributed by atoms with Crippen molar-refractivity contribution in [3.8, 4) is 17.1 Å². The van der Waals surface area contributed by atoms with Crippen LogP contribution in [0.3, 0.4) is 0 Å². The number of hydrogen-bond donors (Lipinski definition) is 2. The van der Waals surface area contributed by atoms with Gasteiger partial charge in [-0.3, -0.25) is 9.89 Å². The molecule has 0 spiro atoms. The van der Waals surface area contributed by atoms with Crippen LogP contribution in [-0.4, -0.2) is 34.6 Å². The molecule has 0 aliphatic heterocycles. The number of rotatable bonds is 7. The fourth-order valence-corrected chi connectivity index (χ4v) is 2.56. The number of halogens is 3. The summed E-state index contributed by atoms with van der Waals surface area (Å²) in [6.07, 6.45) is -4.76. The zero-order valence-electron chi connectivity index (χ0n) is 15.3. The van der Waals surface area contributed by atoms with Crippen molar-refractivity contribution >= 4 is 11.6 Å². The minimum Gasteiger partial charge on any atom is -0.406 e. The Labute approximate surface area is 163 Å². The summed E-state index contributed by atoms with van der Waals surface area (Å²) in [4.78, 5) is 16.6. The van der Waals surface area contributed by atoms with Crippen LogP contribution in [0, 0.1) is 0 Å². The van der Waals surface area contributed by atoms with Crippen molar-refractivity contribution in [1.82, 2.24) is 15.2 Å².